The van der Waals surface area contributed by atoms with Gasteiger partial charge in [-0.3, -0.25) is 9.52 Å². The van der Waals surface area contributed by atoms with Crippen LogP contribution in [0, 0.1) is 13.8 Å². The predicted octanol–water partition coefficient (Wildman–Crippen LogP) is 5.52. The van der Waals surface area contributed by atoms with Crippen molar-refractivity contribution < 1.29 is 17.6 Å². The Hall–Kier alpha value is -3.12. The minimum absolute atomic E-state index is 0.0496. The Morgan fingerprint density at radius 1 is 0.933 bits per heavy atom. The maximum Gasteiger partial charge on any atom is 0.262 e. The highest BCUT2D eigenvalue weighted by molar-refractivity contribution is 7.92. The Balaban J connectivity index is 1.75. The SMILES string of the molecule is Cc1ccc(C)c(S(=O)(=O)Nc2cc3c4c(oc3c3ccccc23)CCCC4=O)c1. The van der Waals surface area contributed by atoms with Crippen LogP contribution in [0.4, 0.5) is 5.69 Å². The summed E-state index contributed by atoms with van der Waals surface area (Å²) in [6, 6.07) is 14.6. The lowest BCUT2D eigenvalue weighted by Gasteiger charge is -2.14. The first-order chi connectivity index (χ1) is 14.3. The molecular weight excluding hydrogens is 398 g/mol. The molecule has 0 fully saturated rings. The van der Waals surface area contributed by atoms with Crippen molar-refractivity contribution in [2.24, 2.45) is 0 Å². The maximum atomic E-state index is 13.2. The van der Waals surface area contributed by atoms with Crippen molar-refractivity contribution in [3.63, 3.8) is 0 Å². The second-order valence-electron chi connectivity index (χ2n) is 7.90. The molecule has 0 radical (unpaired) electrons. The zero-order valence-corrected chi connectivity index (χ0v) is 17.6. The van der Waals surface area contributed by atoms with Gasteiger partial charge in [0.15, 0.2) is 5.78 Å². The topological polar surface area (TPSA) is 76.4 Å². The second kappa shape index (κ2) is 6.71. The van der Waals surface area contributed by atoms with E-state index < -0.39 is 10.0 Å². The number of anilines is 1. The van der Waals surface area contributed by atoms with E-state index in [-0.39, 0.29) is 10.7 Å². The van der Waals surface area contributed by atoms with Gasteiger partial charge in [-0.1, -0.05) is 36.4 Å². The third-order valence-electron chi connectivity index (χ3n) is 5.73. The van der Waals surface area contributed by atoms with Gasteiger partial charge in [-0.25, -0.2) is 8.42 Å². The molecule has 5 nitrogen and oxygen atoms in total. The van der Waals surface area contributed by atoms with E-state index in [0.717, 1.165) is 22.8 Å². The molecule has 4 aromatic rings. The Morgan fingerprint density at radius 3 is 2.50 bits per heavy atom. The van der Waals surface area contributed by atoms with Gasteiger partial charge in [0, 0.05) is 29.0 Å². The molecule has 0 saturated heterocycles. The molecular formula is C24H21NO4S. The van der Waals surface area contributed by atoms with Gasteiger partial charge < -0.3 is 4.42 Å². The average molecular weight is 420 g/mol. The van der Waals surface area contributed by atoms with Crippen LogP contribution in [0.2, 0.25) is 0 Å². The monoisotopic (exact) mass is 419 g/mol. The van der Waals surface area contributed by atoms with E-state index in [0.29, 0.717) is 46.4 Å². The van der Waals surface area contributed by atoms with E-state index in [1.807, 2.05) is 37.3 Å². The number of hydrogen-bond donors (Lipinski definition) is 1. The molecule has 6 heteroatoms. The summed E-state index contributed by atoms with van der Waals surface area (Å²) in [6.07, 6.45) is 1.97. The lowest BCUT2D eigenvalue weighted by atomic mass is 9.93. The highest BCUT2D eigenvalue weighted by Crippen LogP contribution is 2.40. The second-order valence-corrected chi connectivity index (χ2v) is 9.55. The number of ketones is 1. The van der Waals surface area contributed by atoms with Crippen LogP contribution in [0.1, 0.15) is 40.1 Å². The number of aryl methyl sites for hydroxylation is 3. The molecule has 0 unspecified atom stereocenters. The van der Waals surface area contributed by atoms with Crippen molar-refractivity contribution >= 4 is 43.2 Å². The van der Waals surface area contributed by atoms with Crippen molar-refractivity contribution in [3.8, 4) is 0 Å². The van der Waals surface area contributed by atoms with Gasteiger partial charge in [0.2, 0.25) is 0 Å². The van der Waals surface area contributed by atoms with E-state index >= 15 is 0 Å². The van der Waals surface area contributed by atoms with Crippen LogP contribution in [0.25, 0.3) is 21.7 Å². The number of carbonyl (C=O) groups excluding carboxylic acids is 1. The summed E-state index contributed by atoms with van der Waals surface area (Å²) in [4.78, 5) is 12.8. The largest absolute Gasteiger partial charge is 0.460 e. The quantitative estimate of drug-likeness (QED) is 0.474. The number of hydrogen-bond acceptors (Lipinski definition) is 4. The summed E-state index contributed by atoms with van der Waals surface area (Å²) < 4.78 is 35.3. The highest BCUT2D eigenvalue weighted by Gasteiger charge is 2.27. The van der Waals surface area contributed by atoms with Crippen LogP contribution in [-0.2, 0) is 16.4 Å². The number of fused-ring (bicyclic) bond motifs is 5. The molecule has 1 aliphatic rings. The van der Waals surface area contributed by atoms with Crippen molar-refractivity contribution in [2.75, 3.05) is 4.72 Å². The molecule has 1 N–H and O–H groups in total. The van der Waals surface area contributed by atoms with Crippen molar-refractivity contribution in [2.45, 2.75) is 38.0 Å². The fourth-order valence-electron chi connectivity index (χ4n) is 4.27. The first-order valence-corrected chi connectivity index (χ1v) is 11.4. The first kappa shape index (κ1) is 18.9. The first-order valence-electron chi connectivity index (χ1n) is 9.95. The van der Waals surface area contributed by atoms with Gasteiger partial charge in [-0.2, -0.15) is 0 Å². The molecule has 1 aromatic heterocycles. The predicted molar refractivity (Wildman–Crippen MR) is 118 cm³/mol. The summed E-state index contributed by atoms with van der Waals surface area (Å²) in [6.45, 7) is 3.64. The van der Waals surface area contributed by atoms with E-state index in [2.05, 4.69) is 4.72 Å². The van der Waals surface area contributed by atoms with E-state index in [4.69, 9.17) is 4.42 Å². The molecule has 1 heterocycles. The Kier molecular flexibility index (Phi) is 4.22. The standard InChI is InChI=1S/C24H21NO4S/c1-14-10-11-15(2)22(12-14)30(27,28)25-19-13-18-23-20(26)8-5-9-21(23)29-24(18)17-7-4-3-6-16(17)19/h3-4,6-7,10-13,25H,5,8-9H2,1-2H3. The number of Topliss-reactive ketones (excluding diaryl/α,β-unsaturated/α-hetero) is 1. The van der Waals surface area contributed by atoms with Crippen molar-refractivity contribution in [3.05, 3.63) is 71.0 Å². The third-order valence-corrected chi connectivity index (χ3v) is 7.24. The zero-order chi connectivity index (χ0) is 21.0. The van der Waals surface area contributed by atoms with Gasteiger partial charge in [-0.15, -0.1) is 0 Å². The summed E-state index contributed by atoms with van der Waals surface area (Å²) in [5.41, 5.74) is 3.22. The third kappa shape index (κ3) is 2.91. The van der Waals surface area contributed by atoms with Crippen LogP contribution in [0.15, 0.2) is 57.8 Å². The molecule has 0 spiro atoms. The van der Waals surface area contributed by atoms with Crippen molar-refractivity contribution in [1.29, 1.82) is 0 Å². The molecule has 152 valence electrons. The van der Waals surface area contributed by atoms with Gasteiger partial charge in [-0.05, 0) is 43.5 Å². The minimum Gasteiger partial charge on any atom is -0.460 e. The molecule has 3 aromatic carbocycles. The van der Waals surface area contributed by atoms with Crippen LogP contribution >= 0.6 is 0 Å². The van der Waals surface area contributed by atoms with Crippen LogP contribution in [-0.4, -0.2) is 14.2 Å². The van der Waals surface area contributed by atoms with Crippen LogP contribution in [0.3, 0.4) is 0 Å². The molecule has 5 rings (SSSR count). The number of carbonyl (C=O) groups is 1. The van der Waals surface area contributed by atoms with Gasteiger partial charge >= 0.3 is 0 Å². The van der Waals surface area contributed by atoms with Gasteiger partial charge in [0.25, 0.3) is 10.0 Å². The molecule has 0 saturated carbocycles. The van der Waals surface area contributed by atoms with Gasteiger partial charge in [0.1, 0.15) is 11.3 Å². The summed E-state index contributed by atoms with van der Waals surface area (Å²) in [7, 11) is -3.81. The zero-order valence-electron chi connectivity index (χ0n) is 16.8. The fraction of sp³-hybridized carbons (Fsp3) is 0.208. The Morgan fingerprint density at radius 2 is 1.70 bits per heavy atom. The highest BCUT2D eigenvalue weighted by atomic mass is 32.2. The molecule has 1 aliphatic carbocycles. The smallest absolute Gasteiger partial charge is 0.262 e. The number of furan rings is 1. The number of benzene rings is 3. The van der Waals surface area contributed by atoms with E-state index in [9.17, 15) is 13.2 Å². The van der Waals surface area contributed by atoms with E-state index in [1.54, 1.807) is 25.1 Å². The fourth-order valence-corrected chi connectivity index (χ4v) is 5.67. The van der Waals surface area contributed by atoms with Gasteiger partial charge in [0.05, 0.1) is 16.1 Å². The molecule has 30 heavy (non-hydrogen) atoms. The lowest BCUT2D eigenvalue weighted by molar-refractivity contribution is 0.0971. The number of rotatable bonds is 3. The average Bonchev–Trinajstić information content (AvgIpc) is 3.09. The summed E-state index contributed by atoms with van der Waals surface area (Å²) >= 11 is 0. The Bertz CT molecular complexity index is 1450. The summed E-state index contributed by atoms with van der Waals surface area (Å²) in [5.74, 6) is 0.745. The van der Waals surface area contributed by atoms with Crippen LogP contribution in [0.5, 0.6) is 0 Å². The lowest BCUT2D eigenvalue weighted by Crippen LogP contribution is -2.15. The molecule has 0 aliphatic heterocycles. The normalized spacial score (nSPS) is 14.3. The molecule has 0 atom stereocenters. The van der Waals surface area contributed by atoms with Crippen LogP contribution < -0.4 is 4.72 Å². The molecule has 0 bridgehead atoms. The number of nitrogens with one attached hydrogen (secondary N) is 1. The Labute approximate surface area is 174 Å². The van der Waals surface area contributed by atoms with E-state index in [1.165, 1.54) is 0 Å². The maximum absolute atomic E-state index is 13.2. The number of sulfonamides is 1. The summed E-state index contributed by atoms with van der Waals surface area (Å²) in [5, 5.41) is 2.19. The molecule has 0 amide bonds. The van der Waals surface area contributed by atoms with Crippen molar-refractivity contribution in [1.82, 2.24) is 0 Å². The minimum atomic E-state index is -3.81.